The van der Waals surface area contributed by atoms with Crippen LogP contribution in [0.4, 0.5) is 5.69 Å². The third kappa shape index (κ3) is 3.74. The number of hydrogen-bond acceptors (Lipinski definition) is 5. The van der Waals surface area contributed by atoms with Gasteiger partial charge in [-0.15, -0.1) is 0 Å². The first-order valence-corrected chi connectivity index (χ1v) is 7.69. The summed E-state index contributed by atoms with van der Waals surface area (Å²) in [5.41, 5.74) is 0.630. The number of carbonyl (C=O) groups is 1. The highest BCUT2D eigenvalue weighted by atomic mass is 35.5. The molecule has 1 aliphatic rings. The van der Waals surface area contributed by atoms with E-state index in [-0.39, 0.29) is 23.6 Å². The number of thioether (sulfide) groups is 1. The molecule has 1 N–H and O–H groups in total. The molecule has 1 amide bonds. The average Bonchev–Trinajstić information content (AvgIpc) is 2.43. The third-order valence-corrected chi connectivity index (χ3v) is 4.60. The van der Waals surface area contributed by atoms with Gasteiger partial charge >= 0.3 is 0 Å². The van der Waals surface area contributed by atoms with Crippen LogP contribution < -0.4 is 5.32 Å². The van der Waals surface area contributed by atoms with Gasteiger partial charge in [0.25, 0.3) is 5.69 Å². The molecule has 0 radical (unpaired) electrons. The smallest absolute Gasteiger partial charge is 0.269 e. The van der Waals surface area contributed by atoms with Crippen molar-refractivity contribution in [2.24, 2.45) is 10.9 Å². The quantitative estimate of drug-likeness (QED) is 0.683. The lowest BCUT2D eigenvalue weighted by molar-refractivity contribution is -0.384. The number of nitrogens with zero attached hydrogens (tertiary/aromatic N) is 2. The Morgan fingerprint density at radius 1 is 1.48 bits per heavy atom. The average molecular weight is 328 g/mol. The Kier molecular flexibility index (Phi) is 4.84. The SMILES string of the molecule is CC1N=C(SCc2cc([N+](=O)[O-])ccc2Cl)NC(=O)C1C. The second-order valence-electron chi connectivity index (χ2n) is 4.77. The summed E-state index contributed by atoms with van der Waals surface area (Å²) >= 11 is 7.34. The Balaban J connectivity index is 2.10. The highest BCUT2D eigenvalue weighted by molar-refractivity contribution is 8.13. The molecule has 8 heteroatoms. The minimum absolute atomic E-state index is 0.00777. The van der Waals surface area contributed by atoms with Gasteiger partial charge in [-0.3, -0.25) is 19.9 Å². The number of hydrogen-bond donors (Lipinski definition) is 1. The molecule has 112 valence electrons. The predicted octanol–water partition coefficient (Wildman–Crippen LogP) is 2.99. The Morgan fingerprint density at radius 2 is 2.19 bits per heavy atom. The van der Waals surface area contributed by atoms with Gasteiger partial charge in [0.1, 0.15) is 0 Å². The summed E-state index contributed by atoms with van der Waals surface area (Å²) in [7, 11) is 0. The van der Waals surface area contributed by atoms with Crippen LogP contribution in [0.5, 0.6) is 0 Å². The second-order valence-corrected chi connectivity index (χ2v) is 6.15. The monoisotopic (exact) mass is 327 g/mol. The van der Waals surface area contributed by atoms with Crippen LogP contribution in [0.25, 0.3) is 0 Å². The molecule has 2 rings (SSSR count). The first-order valence-electron chi connectivity index (χ1n) is 6.32. The molecule has 0 spiro atoms. The first kappa shape index (κ1) is 15.8. The molecular weight excluding hydrogens is 314 g/mol. The maximum atomic E-state index is 11.7. The Morgan fingerprint density at radius 3 is 2.81 bits per heavy atom. The van der Waals surface area contributed by atoms with Crippen LogP contribution in [0.15, 0.2) is 23.2 Å². The molecule has 2 unspecified atom stereocenters. The number of nitrogens with one attached hydrogen (secondary N) is 1. The molecule has 0 fully saturated rings. The van der Waals surface area contributed by atoms with Gasteiger partial charge in [0, 0.05) is 22.9 Å². The summed E-state index contributed by atoms with van der Waals surface area (Å²) in [5, 5.41) is 14.5. The number of halogens is 1. The van der Waals surface area contributed by atoms with Crippen molar-refractivity contribution >= 4 is 40.1 Å². The standard InChI is InChI=1S/C13H14ClN3O3S/c1-7-8(2)15-13(16-12(7)18)21-6-9-5-10(17(19)20)3-4-11(9)14/h3-5,7-8H,6H2,1-2H3,(H,15,16,18). The molecule has 1 aromatic carbocycles. The van der Waals surface area contributed by atoms with E-state index in [9.17, 15) is 14.9 Å². The van der Waals surface area contributed by atoms with E-state index in [4.69, 9.17) is 11.6 Å². The van der Waals surface area contributed by atoms with Crippen molar-refractivity contribution < 1.29 is 9.72 Å². The summed E-state index contributed by atoms with van der Waals surface area (Å²) < 4.78 is 0. The number of aliphatic imine (C=N–C) groups is 1. The van der Waals surface area contributed by atoms with E-state index in [1.807, 2.05) is 13.8 Å². The Bertz CT molecular complexity index is 621. The highest BCUT2D eigenvalue weighted by Crippen LogP contribution is 2.27. The van der Waals surface area contributed by atoms with Crippen molar-refractivity contribution in [3.05, 3.63) is 38.9 Å². The lowest BCUT2D eigenvalue weighted by Gasteiger charge is -2.23. The third-order valence-electron chi connectivity index (χ3n) is 3.29. The molecule has 0 saturated carbocycles. The van der Waals surface area contributed by atoms with Gasteiger partial charge in [-0.25, -0.2) is 0 Å². The van der Waals surface area contributed by atoms with Gasteiger partial charge < -0.3 is 5.32 Å². The predicted molar refractivity (Wildman–Crippen MR) is 83.6 cm³/mol. The molecule has 0 saturated heterocycles. The molecule has 21 heavy (non-hydrogen) atoms. The van der Waals surface area contributed by atoms with Crippen molar-refractivity contribution in [1.82, 2.24) is 5.32 Å². The number of amides is 1. The number of amidine groups is 1. The molecule has 1 aliphatic heterocycles. The molecule has 6 nitrogen and oxygen atoms in total. The van der Waals surface area contributed by atoms with Crippen LogP contribution in [0.2, 0.25) is 5.02 Å². The largest absolute Gasteiger partial charge is 0.305 e. The van der Waals surface area contributed by atoms with E-state index in [2.05, 4.69) is 10.3 Å². The molecule has 0 aliphatic carbocycles. The number of non-ortho nitro benzene ring substituents is 1. The van der Waals surface area contributed by atoms with Crippen molar-refractivity contribution in [3.63, 3.8) is 0 Å². The maximum absolute atomic E-state index is 11.7. The van der Waals surface area contributed by atoms with Crippen molar-refractivity contribution in [1.29, 1.82) is 0 Å². The summed E-state index contributed by atoms with van der Waals surface area (Å²) in [4.78, 5) is 26.4. The van der Waals surface area contributed by atoms with Crippen molar-refractivity contribution in [2.75, 3.05) is 0 Å². The fourth-order valence-corrected chi connectivity index (χ4v) is 2.98. The lowest BCUT2D eigenvalue weighted by atomic mass is 10.0. The van der Waals surface area contributed by atoms with Crippen LogP contribution in [0, 0.1) is 16.0 Å². The molecular formula is C13H14ClN3O3S. The molecule has 2 atom stereocenters. The zero-order valence-electron chi connectivity index (χ0n) is 11.5. The normalized spacial score (nSPS) is 21.7. The minimum atomic E-state index is -0.464. The number of benzene rings is 1. The molecule has 0 bridgehead atoms. The summed E-state index contributed by atoms with van der Waals surface area (Å²) in [5.74, 6) is 0.182. The highest BCUT2D eigenvalue weighted by Gasteiger charge is 2.26. The van der Waals surface area contributed by atoms with Crippen LogP contribution in [-0.4, -0.2) is 22.0 Å². The van der Waals surface area contributed by atoms with Gasteiger partial charge in [-0.2, -0.15) is 0 Å². The van der Waals surface area contributed by atoms with Gasteiger partial charge in [-0.1, -0.05) is 30.3 Å². The fraction of sp³-hybridized carbons (Fsp3) is 0.385. The van der Waals surface area contributed by atoms with Crippen molar-refractivity contribution in [2.45, 2.75) is 25.6 Å². The Labute approximate surface area is 131 Å². The molecule has 0 aromatic heterocycles. The van der Waals surface area contributed by atoms with Crippen LogP contribution >= 0.6 is 23.4 Å². The first-order chi connectivity index (χ1) is 9.88. The molecule has 1 heterocycles. The summed E-state index contributed by atoms with van der Waals surface area (Å²) in [6.07, 6.45) is 0. The summed E-state index contributed by atoms with van der Waals surface area (Å²) in [6.45, 7) is 3.70. The van der Waals surface area contributed by atoms with Crippen LogP contribution in [0.1, 0.15) is 19.4 Å². The minimum Gasteiger partial charge on any atom is -0.305 e. The van der Waals surface area contributed by atoms with Crippen LogP contribution in [-0.2, 0) is 10.5 Å². The van der Waals surface area contributed by atoms with Gasteiger partial charge in [0.2, 0.25) is 5.91 Å². The fourth-order valence-electron chi connectivity index (χ4n) is 1.77. The van der Waals surface area contributed by atoms with E-state index >= 15 is 0 Å². The topological polar surface area (TPSA) is 84.6 Å². The van der Waals surface area contributed by atoms with Gasteiger partial charge in [0.15, 0.2) is 5.17 Å². The van der Waals surface area contributed by atoms with Crippen molar-refractivity contribution in [3.8, 4) is 0 Å². The number of rotatable bonds is 3. The van der Waals surface area contributed by atoms with Gasteiger partial charge in [0.05, 0.1) is 16.9 Å². The van der Waals surface area contributed by atoms with E-state index in [1.165, 1.54) is 30.0 Å². The van der Waals surface area contributed by atoms with E-state index in [0.717, 1.165) is 0 Å². The maximum Gasteiger partial charge on any atom is 0.269 e. The number of carbonyl (C=O) groups excluding carboxylic acids is 1. The van der Waals surface area contributed by atoms with E-state index in [0.29, 0.717) is 21.5 Å². The Hall–Kier alpha value is -1.60. The lowest BCUT2D eigenvalue weighted by Crippen LogP contribution is -2.42. The van der Waals surface area contributed by atoms with E-state index < -0.39 is 4.92 Å². The second kappa shape index (κ2) is 6.44. The van der Waals surface area contributed by atoms with E-state index in [1.54, 1.807) is 0 Å². The summed E-state index contributed by atoms with van der Waals surface area (Å²) in [6, 6.07) is 4.22. The zero-order chi connectivity index (χ0) is 15.6. The zero-order valence-corrected chi connectivity index (χ0v) is 13.1. The van der Waals surface area contributed by atoms with Crippen LogP contribution in [0.3, 0.4) is 0 Å². The number of nitro benzene ring substituents is 1. The van der Waals surface area contributed by atoms with Gasteiger partial charge in [-0.05, 0) is 18.6 Å². The number of nitro groups is 1. The molecule has 1 aromatic rings.